The number of amides is 1. The van der Waals surface area contributed by atoms with Crippen molar-refractivity contribution in [3.8, 4) is 11.1 Å². The maximum atomic E-state index is 15.4. The number of anilines is 2. The molecule has 1 aliphatic rings. The number of sulfonamides is 1. The lowest BCUT2D eigenvalue weighted by molar-refractivity contribution is -0.137. The van der Waals surface area contributed by atoms with Gasteiger partial charge in [-0.05, 0) is 30.7 Å². The van der Waals surface area contributed by atoms with Gasteiger partial charge in [0.05, 0.1) is 23.4 Å². The Labute approximate surface area is 267 Å². The lowest BCUT2D eigenvalue weighted by Gasteiger charge is -2.33. The molecular formula is C29H25F7N6O5S. The predicted molar refractivity (Wildman–Crippen MR) is 159 cm³/mol. The zero-order valence-corrected chi connectivity index (χ0v) is 25.5. The summed E-state index contributed by atoms with van der Waals surface area (Å²) >= 11 is 0. The van der Waals surface area contributed by atoms with E-state index >= 15 is 13.2 Å². The minimum Gasteiger partial charge on any atom is -0.465 e. The number of nitrogens with one attached hydrogen (secondary N) is 2. The summed E-state index contributed by atoms with van der Waals surface area (Å²) in [5.41, 5.74) is -5.30. The van der Waals surface area contributed by atoms with Crippen molar-refractivity contribution < 1.29 is 49.1 Å². The normalized spacial score (nSPS) is 17.0. The van der Waals surface area contributed by atoms with E-state index in [1.165, 1.54) is 17.8 Å². The van der Waals surface area contributed by atoms with E-state index < -0.39 is 85.6 Å². The van der Waals surface area contributed by atoms with Crippen molar-refractivity contribution in [3.63, 3.8) is 0 Å². The van der Waals surface area contributed by atoms with Crippen molar-refractivity contribution in [1.29, 1.82) is 0 Å². The molecule has 0 saturated carbocycles. The summed E-state index contributed by atoms with van der Waals surface area (Å²) in [4.78, 5) is 34.0. The van der Waals surface area contributed by atoms with Crippen LogP contribution in [-0.4, -0.2) is 64.4 Å². The van der Waals surface area contributed by atoms with Gasteiger partial charge in [-0.25, -0.2) is 35.8 Å². The van der Waals surface area contributed by atoms with Crippen LogP contribution in [0.2, 0.25) is 0 Å². The lowest BCUT2D eigenvalue weighted by Crippen LogP contribution is -2.49. The van der Waals surface area contributed by atoms with Crippen molar-refractivity contribution in [3.05, 3.63) is 81.5 Å². The van der Waals surface area contributed by atoms with Gasteiger partial charge in [-0.15, -0.1) is 0 Å². The number of carbonyl (C=O) groups is 1. The number of carboxylic acid groups (broad SMARTS) is 1. The molecular weight excluding hydrogens is 677 g/mol. The number of rotatable bonds is 8. The maximum absolute atomic E-state index is 15.4. The zero-order valence-electron chi connectivity index (χ0n) is 24.7. The first-order chi connectivity index (χ1) is 22.5. The standard InChI is InChI=1S/C29H25F7N6O5S/c1-2-42-25-15(10-37-27(39-25)38-18-8-17(30)11-41(12-18)28(44)45)7-20(26(42)43)19-9-21(31)24(23(33)22(19)32)40-48(46,47)13-14-4-3-5-16(6-14)29(34,35)36/h3-7,9-10,17-18,40H,2,8,11-13H2,1H3,(H,44,45)(H,37,38,39)/t17-,18-/m0/s1. The van der Waals surface area contributed by atoms with Gasteiger partial charge in [0.1, 0.15) is 17.5 Å². The van der Waals surface area contributed by atoms with E-state index in [0.29, 0.717) is 18.2 Å². The number of fused-ring (bicyclic) bond motifs is 1. The average Bonchev–Trinajstić information content (AvgIpc) is 3.00. The highest BCUT2D eigenvalue weighted by Gasteiger charge is 2.32. The molecule has 0 spiro atoms. The Morgan fingerprint density at radius 1 is 1.08 bits per heavy atom. The van der Waals surface area contributed by atoms with Crippen LogP contribution < -0.4 is 15.6 Å². The van der Waals surface area contributed by atoms with Gasteiger partial charge in [-0.1, -0.05) is 18.2 Å². The highest BCUT2D eigenvalue weighted by Crippen LogP contribution is 2.33. The topological polar surface area (TPSA) is 147 Å². The molecule has 11 nitrogen and oxygen atoms in total. The molecule has 3 N–H and O–H groups in total. The number of aromatic nitrogens is 3. The number of nitrogens with zero attached hydrogens (tertiary/aromatic N) is 4. The van der Waals surface area contributed by atoms with Gasteiger partial charge in [0.15, 0.2) is 17.5 Å². The second kappa shape index (κ2) is 12.9. The van der Waals surface area contributed by atoms with E-state index in [2.05, 4.69) is 15.3 Å². The second-order valence-electron chi connectivity index (χ2n) is 10.9. The molecule has 256 valence electrons. The number of pyridine rings is 1. The second-order valence-corrected chi connectivity index (χ2v) is 12.6. The molecule has 2 atom stereocenters. The molecule has 4 aromatic rings. The molecule has 19 heteroatoms. The van der Waals surface area contributed by atoms with Crippen LogP contribution in [0.15, 0.2) is 47.4 Å². The van der Waals surface area contributed by atoms with Crippen molar-refractivity contribution >= 4 is 38.8 Å². The molecule has 48 heavy (non-hydrogen) atoms. The fourth-order valence-electron chi connectivity index (χ4n) is 5.33. The first-order valence-corrected chi connectivity index (χ1v) is 15.8. The summed E-state index contributed by atoms with van der Waals surface area (Å²) in [7, 11) is -4.77. The van der Waals surface area contributed by atoms with Crippen LogP contribution in [0.3, 0.4) is 0 Å². The third-order valence-electron chi connectivity index (χ3n) is 7.46. The SMILES string of the molecule is CCn1c(=O)c(-c2cc(F)c(NS(=O)(=O)Cc3cccc(C(F)(F)F)c3)c(F)c2F)cc2cnc(N[C@H]3C[C@H](F)CN(C(=O)O)C3)nc21. The molecule has 0 aliphatic carbocycles. The van der Waals surface area contributed by atoms with E-state index in [9.17, 15) is 40.7 Å². The van der Waals surface area contributed by atoms with E-state index in [0.717, 1.165) is 27.7 Å². The van der Waals surface area contributed by atoms with Crippen molar-refractivity contribution in [2.45, 2.75) is 44.0 Å². The van der Waals surface area contributed by atoms with Crippen LogP contribution in [0, 0.1) is 17.5 Å². The summed E-state index contributed by atoms with van der Waals surface area (Å²) in [5.74, 6) is -6.64. The molecule has 1 aliphatic heterocycles. The molecule has 1 fully saturated rings. The first-order valence-electron chi connectivity index (χ1n) is 14.1. The van der Waals surface area contributed by atoms with Crippen molar-refractivity contribution in [2.24, 2.45) is 0 Å². The minimum absolute atomic E-state index is 0.00627. The maximum Gasteiger partial charge on any atom is 0.416 e. The van der Waals surface area contributed by atoms with Crippen molar-refractivity contribution in [2.75, 3.05) is 23.1 Å². The van der Waals surface area contributed by atoms with Crippen LogP contribution in [0.5, 0.6) is 0 Å². The van der Waals surface area contributed by atoms with Crippen LogP contribution in [0.1, 0.15) is 24.5 Å². The lowest BCUT2D eigenvalue weighted by atomic mass is 10.0. The fourth-order valence-corrected chi connectivity index (χ4v) is 6.52. The van der Waals surface area contributed by atoms with E-state index in [-0.39, 0.29) is 48.6 Å². The Bertz CT molecular complexity index is 2080. The van der Waals surface area contributed by atoms with Crippen LogP contribution in [0.25, 0.3) is 22.2 Å². The third-order valence-corrected chi connectivity index (χ3v) is 8.69. The van der Waals surface area contributed by atoms with E-state index in [1.54, 1.807) is 0 Å². The van der Waals surface area contributed by atoms with Gasteiger partial charge in [0, 0.05) is 42.7 Å². The number of hydrogen-bond donors (Lipinski definition) is 3. The largest absolute Gasteiger partial charge is 0.465 e. The highest BCUT2D eigenvalue weighted by molar-refractivity contribution is 7.91. The van der Waals surface area contributed by atoms with Crippen LogP contribution in [-0.2, 0) is 28.5 Å². The van der Waals surface area contributed by atoms with Gasteiger partial charge >= 0.3 is 12.3 Å². The van der Waals surface area contributed by atoms with E-state index in [4.69, 9.17) is 0 Å². The Kier molecular flexibility index (Phi) is 9.26. The molecule has 0 unspecified atom stereocenters. The molecule has 1 saturated heterocycles. The first kappa shape index (κ1) is 34.4. The summed E-state index contributed by atoms with van der Waals surface area (Å²) in [6.07, 6.45) is -6.38. The van der Waals surface area contributed by atoms with Crippen LogP contribution in [0.4, 0.5) is 47.2 Å². The molecule has 1 amide bonds. The van der Waals surface area contributed by atoms with Gasteiger partial charge < -0.3 is 15.3 Å². The van der Waals surface area contributed by atoms with Crippen LogP contribution >= 0.6 is 0 Å². The van der Waals surface area contributed by atoms with Gasteiger partial charge in [0.2, 0.25) is 16.0 Å². The number of aryl methyl sites for hydroxylation is 1. The molecule has 0 bridgehead atoms. The third kappa shape index (κ3) is 7.14. The Morgan fingerprint density at radius 3 is 2.48 bits per heavy atom. The monoisotopic (exact) mass is 702 g/mol. The Balaban J connectivity index is 1.46. The summed E-state index contributed by atoms with van der Waals surface area (Å²) in [6, 6.07) is 3.99. The molecule has 0 radical (unpaired) electrons. The molecule has 2 aromatic heterocycles. The number of halogens is 7. The molecule has 2 aromatic carbocycles. The van der Waals surface area contributed by atoms with Gasteiger partial charge in [0.25, 0.3) is 5.56 Å². The summed E-state index contributed by atoms with van der Waals surface area (Å²) in [6.45, 7) is 1.10. The Morgan fingerprint density at radius 2 is 1.81 bits per heavy atom. The number of likely N-dealkylation sites (tertiary alicyclic amines) is 1. The number of piperidine rings is 1. The molecule has 5 rings (SSSR count). The zero-order chi connectivity index (χ0) is 35.1. The van der Waals surface area contributed by atoms with Gasteiger partial charge in [-0.3, -0.25) is 14.1 Å². The van der Waals surface area contributed by atoms with E-state index in [1.807, 2.05) is 0 Å². The highest BCUT2D eigenvalue weighted by atomic mass is 32.2. The summed E-state index contributed by atoms with van der Waals surface area (Å²) in [5, 5.41) is 12.2. The molecule has 3 heterocycles. The number of alkyl halides is 4. The number of benzene rings is 2. The minimum atomic E-state index is -4.78. The smallest absolute Gasteiger partial charge is 0.416 e. The van der Waals surface area contributed by atoms with Gasteiger partial charge in [-0.2, -0.15) is 18.2 Å². The average molecular weight is 703 g/mol. The quantitative estimate of drug-likeness (QED) is 0.164. The number of hydrogen-bond acceptors (Lipinski definition) is 7. The van der Waals surface area contributed by atoms with Crippen molar-refractivity contribution in [1.82, 2.24) is 19.4 Å². The predicted octanol–water partition coefficient (Wildman–Crippen LogP) is 5.36. The Hall–Kier alpha value is -4.94. The summed E-state index contributed by atoms with van der Waals surface area (Å²) < 4.78 is 127. The fraction of sp³-hybridized carbons (Fsp3) is 0.310.